The lowest BCUT2D eigenvalue weighted by Gasteiger charge is -2.18. The second-order valence-corrected chi connectivity index (χ2v) is 9.88. The fraction of sp³-hybridized carbons (Fsp3) is 0.192. The van der Waals surface area contributed by atoms with Gasteiger partial charge >= 0.3 is 6.03 Å². The molecule has 0 saturated heterocycles. The largest absolute Gasteiger partial charge is 0.497 e. The van der Waals surface area contributed by atoms with E-state index in [9.17, 15) is 4.79 Å². The van der Waals surface area contributed by atoms with Gasteiger partial charge in [-0.25, -0.2) is 4.79 Å². The van der Waals surface area contributed by atoms with Gasteiger partial charge in [0.05, 0.1) is 23.9 Å². The summed E-state index contributed by atoms with van der Waals surface area (Å²) in [7, 11) is 1.59. The number of hydrogen-bond acceptors (Lipinski definition) is 5. The van der Waals surface area contributed by atoms with E-state index in [1.54, 1.807) is 43.5 Å². The number of amides is 2. The van der Waals surface area contributed by atoms with Gasteiger partial charge < -0.3 is 15.4 Å². The number of hydrogen-bond donors (Lipinski definition) is 2. The number of aryl methyl sites for hydroxylation is 1. The normalized spacial score (nSPS) is 11.7. The standard InChI is InChI=1S/C26H25Cl2N5O2S/c1-16-5-4-6-18(13-16)15-36-26-32-31-24(33(26)23-12-7-19(27)14-22(23)28)17(2)29-25(34)30-20-8-10-21(35-3)11-9-20/h4-14,17H,15H2,1-3H3,(H2,29,30,34). The Labute approximate surface area is 224 Å². The number of aromatic nitrogens is 3. The second-order valence-electron chi connectivity index (χ2n) is 8.10. The highest BCUT2D eigenvalue weighted by Crippen LogP contribution is 2.32. The molecule has 0 aliphatic heterocycles. The number of rotatable bonds is 8. The van der Waals surface area contributed by atoms with E-state index in [4.69, 9.17) is 27.9 Å². The Hall–Kier alpha value is -3.20. The number of ether oxygens (including phenoxy) is 1. The van der Waals surface area contributed by atoms with Crippen molar-refractivity contribution in [2.75, 3.05) is 12.4 Å². The summed E-state index contributed by atoms with van der Waals surface area (Å²) in [6, 6.07) is 19.8. The highest BCUT2D eigenvalue weighted by molar-refractivity contribution is 7.98. The third kappa shape index (κ3) is 6.32. The SMILES string of the molecule is COc1ccc(NC(=O)NC(C)c2nnc(SCc3cccc(C)c3)n2-c2ccc(Cl)cc2Cl)cc1. The Bertz CT molecular complexity index is 1360. The van der Waals surface area contributed by atoms with Crippen LogP contribution in [0.2, 0.25) is 10.0 Å². The lowest BCUT2D eigenvalue weighted by Crippen LogP contribution is -2.32. The van der Waals surface area contributed by atoms with E-state index in [-0.39, 0.29) is 6.03 Å². The van der Waals surface area contributed by atoms with E-state index in [0.29, 0.717) is 43.9 Å². The van der Waals surface area contributed by atoms with Crippen LogP contribution in [0.3, 0.4) is 0 Å². The fourth-order valence-corrected chi connectivity index (χ4v) is 4.98. The van der Waals surface area contributed by atoms with Crippen LogP contribution in [0, 0.1) is 6.92 Å². The Morgan fingerprint density at radius 3 is 2.56 bits per heavy atom. The topological polar surface area (TPSA) is 81.1 Å². The molecule has 1 unspecified atom stereocenters. The summed E-state index contributed by atoms with van der Waals surface area (Å²) >= 11 is 14.2. The first-order valence-corrected chi connectivity index (χ1v) is 12.9. The van der Waals surface area contributed by atoms with E-state index < -0.39 is 6.04 Å². The summed E-state index contributed by atoms with van der Waals surface area (Å²) in [5, 5.41) is 16.2. The van der Waals surface area contributed by atoms with Gasteiger partial charge in [0.1, 0.15) is 5.75 Å². The molecule has 3 aromatic carbocycles. The number of carbonyl (C=O) groups is 1. The quantitative estimate of drug-likeness (QED) is 0.233. The summed E-state index contributed by atoms with van der Waals surface area (Å²) in [5.74, 6) is 1.94. The van der Waals surface area contributed by atoms with E-state index in [2.05, 4.69) is 46.0 Å². The molecule has 1 heterocycles. The number of urea groups is 1. The van der Waals surface area contributed by atoms with E-state index >= 15 is 0 Å². The third-order valence-corrected chi connectivity index (χ3v) is 6.88. The number of methoxy groups -OCH3 is 1. The molecule has 4 rings (SSSR count). The van der Waals surface area contributed by atoms with Crippen molar-refractivity contribution in [3.63, 3.8) is 0 Å². The van der Waals surface area contributed by atoms with Crippen molar-refractivity contribution in [3.05, 3.63) is 93.7 Å². The maximum Gasteiger partial charge on any atom is 0.319 e. The third-order valence-electron chi connectivity index (χ3n) is 5.34. The number of benzene rings is 3. The zero-order valence-electron chi connectivity index (χ0n) is 20.0. The van der Waals surface area contributed by atoms with Gasteiger partial charge in [-0.2, -0.15) is 0 Å². The average Bonchev–Trinajstić information content (AvgIpc) is 3.27. The van der Waals surface area contributed by atoms with Gasteiger partial charge in [0, 0.05) is 16.5 Å². The van der Waals surface area contributed by atoms with Crippen LogP contribution in [-0.2, 0) is 5.75 Å². The minimum absolute atomic E-state index is 0.376. The number of halogens is 2. The zero-order valence-corrected chi connectivity index (χ0v) is 22.3. The van der Waals surface area contributed by atoms with E-state index in [1.165, 1.54) is 22.9 Å². The number of nitrogens with zero attached hydrogens (tertiary/aromatic N) is 3. The Morgan fingerprint density at radius 1 is 1.08 bits per heavy atom. The maximum atomic E-state index is 12.7. The Morgan fingerprint density at radius 2 is 1.86 bits per heavy atom. The monoisotopic (exact) mass is 541 g/mol. The molecule has 0 spiro atoms. The first-order valence-electron chi connectivity index (χ1n) is 11.1. The molecule has 0 saturated carbocycles. The van der Waals surface area contributed by atoms with Gasteiger partial charge in [0.15, 0.2) is 11.0 Å². The number of anilines is 1. The first kappa shape index (κ1) is 25.9. The van der Waals surface area contributed by atoms with Gasteiger partial charge in [-0.15, -0.1) is 10.2 Å². The van der Waals surface area contributed by atoms with Crippen molar-refractivity contribution in [2.24, 2.45) is 0 Å². The van der Waals surface area contributed by atoms with Crippen LogP contribution in [-0.4, -0.2) is 27.9 Å². The molecular weight excluding hydrogens is 517 g/mol. The highest BCUT2D eigenvalue weighted by Gasteiger charge is 2.23. The van der Waals surface area contributed by atoms with Crippen molar-refractivity contribution >= 4 is 46.7 Å². The summed E-state index contributed by atoms with van der Waals surface area (Å²) in [6.45, 7) is 3.90. The lowest BCUT2D eigenvalue weighted by atomic mass is 10.2. The predicted molar refractivity (Wildman–Crippen MR) is 146 cm³/mol. The van der Waals surface area contributed by atoms with Gasteiger partial charge in [-0.05, 0) is 61.9 Å². The van der Waals surface area contributed by atoms with Crippen LogP contribution < -0.4 is 15.4 Å². The van der Waals surface area contributed by atoms with Crippen LogP contribution >= 0.6 is 35.0 Å². The minimum atomic E-state index is -0.476. The maximum absolute atomic E-state index is 12.7. The minimum Gasteiger partial charge on any atom is -0.497 e. The molecule has 0 fully saturated rings. The van der Waals surface area contributed by atoms with Crippen LogP contribution in [0.5, 0.6) is 5.75 Å². The zero-order chi connectivity index (χ0) is 25.7. The van der Waals surface area contributed by atoms with Crippen molar-refractivity contribution < 1.29 is 9.53 Å². The Kier molecular flexibility index (Phi) is 8.40. The molecule has 36 heavy (non-hydrogen) atoms. The molecule has 7 nitrogen and oxygen atoms in total. The van der Waals surface area contributed by atoms with E-state index in [0.717, 1.165) is 0 Å². The first-order chi connectivity index (χ1) is 17.3. The number of nitrogens with one attached hydrogen (secondary N) is 2. The summed E-state index contributed by atoms with van der Waals surface area (Å²) < 4.78 is 7.02. The van der Waals surface area contributed by atoms with Crippen molar-refractivity contribution in [3.8, 4) is 11.4 Å². The molecule has 10 heteroatoms. The van der Waals surface area contributed by atoms with Gasteiger partial charge in [-0.3, -0.25) is 4.57 Å². The van der Waals surface area contributed by atoms with Crippen LogP contribution in [0.25, 0.3) is 5.69 Å². The molecule has 0 radical (unpaired) electrons. The summed E-state index contributed by atoms with van der Waals surface area (Å²) in [5.41, 5.74) is 3.68. The highest BCUT2D eigenvalue weighted by atomic mass is 35.5. The van der Waals surface area contributed by atoms with Gasteiger partial charge in [0.25, 0.3) is 0 Å². The molecule has 186 valence electrons. The molecule has 2 N–H and O–H groups in total. The van der Waals surface area contributed by atoms with Crippen molar-refractivity contribution in [2.45, 2.75) is 30.8 Å². The van der Waals surface area contributed by atoms with Crippen molar-refractivity contribution in [1.82, 2.24) is 20.1 Å². The van der Waals surface area contributed by atoms with Crippen molar-refractivity contribution in [1.29, 1.82) is 0 Å². The molecule has 0 aliphatic rings. The lowest BCUT2D eigenvalue weighted by molar-refractivity contribution is 0.249. The molecular formula is C26H25Cl2N5O2S. The van der Waals surface area contributed by atoms with Gasteiger partial charge in [0.2, 0.25) is 0 Å². The predicted octanol–water partition coefficient (Wildman–Crippen LogP) is 7.07. The molecule has 2 amide bonds. The fourth-order valence-electron chi connectivity index (χ4n) is 3.60. The second kappa shape index (κ2) is 11.7. The smallest absolute Gasteiger partial charge is 0.319 e. The molecule has 1 aromatic heterocycles. The Balaban J connectivity index is 1.58. The van der Waals surface area contributed by atoms with Gasteiger partial charge in [-0.1, -0.05) is 64.8 Å². The molecule has 0 aliphatic carbocycles. The molecule has 4 aromatic rings. The number of thioether (sulfide) groups is 1. The molecule has 1 atom stereocenters. The van der Waals surface area contributed by atoms with Crippen LogP contribution in [0.4, 0.5) is 10.5 Å². The van der Waals surface area contributed by atoms with Crippen LogP contribution in [0.1, 0.15) is 29.9 Å². The number of carbonyl (C=O) groups excluding carboxylic acids is 1. The summed E-state index contributed by atoms with van der Waals surface area (Å²) in [6.07, 6.45) is 0. The summed E-state index contributed by atoms with van der Waals surface area (Å²) in [4.78, 5) is 12.7. The van der Waals surface area contributed by atoms with Crippen LogP contribution in [0.15, 0.2) is 71.9 Å². The molecule has 0 bridgehead atoms. The average molecular weight is 542 g/mol. The van der Waals surface area contributed by atoms with E-state index in [1.807, 2.05) is 23.6 Å².